The number of nitrogens with zero attached hydrogens (tertiary/aromatic N) is 1. The molecule has 0 radical (unpaired) electrons. The molecule has 6 nitrogen and oxygen atoms in total. The smallest absolute Gasteiger partial charge is 0.256 e. The van der Waals surface area contributed by atoms with E-state index in [2.05, 4.69) is 25.9 Å². The third kappa shape index (κ3) is 2.13. The van der Waals surface area contributed by atoms with Crippen LogP contribution in [0.1, 0.15) is 11.3 Å². The lowest BCUT2D eigenvalue weighted by Gasteiger charge is -2.15. The molecule has 0 unspecified atom stereocenters. The molecule has 0 spiro atoms. The molecule has 2 aliphatic heterocycles. The van der Waals surface area contributed by atoms with Crippen molar-refractivity contribution in [3.63, 3.8) is 0 Å². The van der Waals surface area contributed by atoms with Crippen molar-refractivity contribution < 1.29 is 14.2 Å². The van der Waals surface area contributed by atoms with E-state index < -0.39 is 0 Å². The lowest BCUT2D eigenvalue weighted by atomic mass is 10.1. The SMILES string of the molecule is O=c1[nH]c(-c2cc(Br)c3c(c2)OCO3)nc2c1COCC2. The minimum atomic E-state index is -0.150. The highest BCUT2D eigenvalue weighted by molar-refractivity contribution is 9.10. The Kier molecular flexibility index (Phi) is 2.97. The van der Waals surface area contributed by atoms with Gasteiger partial charge in [0.1, 0.15) is 5.82 Å². The maximum Gasteiger partial charge on any atom is 0.256 e. The van der Waals surface area contributed by atoms with Crippen LogP contribution >= 0.6 is 15.9 Å². The zero-order valence-electron chi connectivity index (χ0n) is 10.9. The van der Waals surface area contributed by atoms with Gasteiger partial charge in [-0.2, -0.15) is 0 Å². The molecule has 0 saturated carbocycles. The van der Waals surface area contributed by atoms with Gasteiger partial charge in [0.05, 0.1) is 28.9 Å². The zero-order valence-corrected chi connectivity index (χ0v) is 12.5. The minimum absolute atomic E-state index is 0.150. The van der Waals surface area contributed by atoms with E-state index in [9.17, 15) is 4.79 Å². The van der Waals surface area contributed by atoms with Gasteiger partial charge in [-0.1, -0.05) is 0 Å². The molecule has 0 aliphatic carbocycles. The number of hydrogen-bond acceptors (Lipinski definition) is 5. The molecule has 1 aromatic heterocycles. The first-order valence-corrected chi connectivity index (χ1v) is 7.31. The molecule has 21 heavy (non-hydrogen) atoms. The summed E-state index contributed by atoms with van der Waals surface area (Å²) in [5.74, 6) is 1.84. The Hall–Kier alpha value is -1.86. The fraction of sp³-hybridized carbons (Fsp3) is 0.286. The van der Waals surface area contributed by atoms with Gasteiger partial charge in [0.15, 0.2) is 11.5 Å². The number of rotatable bonds is 1. The van der Waals surface area contributed by atoms with Crippen LogP contribution in [0.15, 0.2) is 21.4 Å². The summed E-state index contributed by atoms with van der Waals surface area (Å²) in [6.45, 7) is 1.11. The summed E-state index contributed by atoms with van der Waals surface area (Å²) in [5, 5.41) is 0. The van der Waals surface area contributed by atoms with Crippen LogP contribution in [0.4, 0.5) is 0 Å². The van der Waals surface area contributed by atoms with E-state index >= 15 is 0 Å². The molecule has 0 fully saturated rings. The highest BCUT2D eigenvalue weighted by Gasteiger charge is 2.21. The van der Waals surface area contributed by atoms with Crippen LogP contribution in [-0.4, -0.2) is 23.4 Å². The number of hydrogen-bond donors (Lipinski definition) is 1. The monoisotopic (exact) mass is 350 g/mol. The molecule has 7 heteroatoms. The topological polar surface area (TPSA) is 73.4 Å². The lowest BCUT2D eigenvalue weighted by molar-refractivity contribution is 0.108. The van der Waals surface area contributed by atoms with Gasteiger partial charge in [-0.15, -0.1) is 0 Å². The average molecular weight is 351 g/mol. The maximum absolute atomic E-state index is 12.1. The van der Waals surface area contributed by atoms with Crippen LogP contribution in [-0.2, 0) is 17.8 Å². The molecular weight excluding hydrogens is 340 g/mol. The van der Waals surface area contributed by atoms with Crippen LogP contribution in [0.25, 0.3) is 11.4 Å². The second-order valence-corrected chi connectivity index (χ2v) is 5.69. The first-order valence-electron chi connectivity index (χ1n) is 6.52. The summed E-state index contributed by atoms with van der Waals surface area (Å²) in [6, 6.07) is 3.68. The van der Waals surface area contributed by atoms with E-state index in [0.717, 1.165) is 15.7 Å². The number of fused-ring (bicyclic) bond motifs is 2. The van der Waals surface area contributed by atoms with Gasteiger partial charge >= 0.3 is 0 Å². The second-order valence-electron chi connectivity index (χ2n) is 4.83. The van der Waals surface area contributed by atoms with E-state index in [0.29, 0.717) is 42.5 Å². The molecular formula is C14H11BrN2O4. The van der Waals surface area contributed by atoms with Gasteiger partial charge in [0.25, 0.3) is 5.56 Å². The van der Waals surface area contributed by atoms with Crippen LogP contribution in [0.5, 0.6) is 11.5 Å². The first-order chi connectivity index (χ1) is 10.2. The number of ether oxygens (including phenoxy) is 3. The van der Waals surface area contributed by atoms with Crippen molar-refractivity contribution in [1.82, 2.24) is 9.97 Å². The average Bonchev–Trinajstić information content (AvgIpc) is 2.96. The van der Waals surface area contributed by atoms with E-state index in [4.69, 9.17) is 14.2 Å². The molecule has 3 heterocycles. The zero-order chi connectivity index (χ0) is 14.4. The van der Waals surface area contributed by atoms with Crippen molar-refractivity contribution in [2.24, 2.45) is 0 Å². The number of halogens is 1. The van der Waals surface area contributed by atoms with Gasteiger partial charge in [0, 0.05) is 12.0 Å². The van der Waals surface area contributed by atoms with Crippen molar-refractivity contribution in [2.75, 3.05) is 13.4 Å². The molecule has 2 aromatic rings. The molecule has 4 rings (SSSR count). The summed E-state index contributed by atoms with van der Waals surface area (Å²) in [7, 11) is 0. The number of aromatic nitrogens is 2. The molecule has 108 valence electrons. The molecule has 0 atom stereocenters. The molecule has 1 N–H and O–H groups in total. The molecule has 0 amide bonds. The summed E-state index contributed by atoms with van der Waals surface area (Å²) in [5.41, 5.74) is 2.04. The number of nitrogens with one attached hydrogen (secondary N) is 1. The Morgan fingerprint density at radius 3 is 3.10 bits per heavy atom. The summed E-state index contributed by atoms with van der Waals surface area (Å²) >= 11 is 3.44. The number of aromatic amines is 1. The van der Waals surface area contributed by atoms with Gasteiger partial charge in [-0.25, -0.2) is 4.98 Å². The normalized spacial score (nSPS) is 15.9. The van der Waals surface area contributed by atoms with Crippen molar-refractivity contribution in [3.05, 3.63) is 38.2 Å². The molecule has 0 saturated heterocycles. The summed E-state index contributed by atoms with van der Waals surface area (Å²) < 4.78 is 16.8. The Morgan fingerprint density at radius 2 is 2.19 bits per heavy atom. The second kappa shape index (κ2) is 4.85. The highest BCUT2D eigenvalue weighted by atomic mass is 79.9. The fourth-order valence-corrected chi connectivity index (χ4v) is 3.04. The van der Waals surface area contributed by atoms with Crippen LogP contribution < -0.4 is 15.0 Å². The summed E-state index contributed by atoms with van der Waals surface area (Å²) in [6.07, 6.45) is 0.651. The van der Waals surface area contributed by atoms with Gasteiger partial charge in [0.2, 0.25) is 6.79 Å². The van der Waals surface area contributed by atoms with Gasteiger partial charge in [-0.05, 0) is 28.1 Å². The maximum atomic E-state index is 12.1. The van der Waals surface area contributed by atoms with Gasteiger partial charge < -0.3 is 19.2 Å². The molecule has 1 aromatic carbocycles. The van der Waals surface area contributed by atoms with Crippen molar-refractivity contribution >= 4 is 15.9 Å². The quantitative estimate of drug-likeness (QED) is 0.851. The Labute approximate surface area is 128 Å². The number of benzene rings is 1. The summed E-state index contributed by atoms with van der Waals surface area (Å²) in [4.78, 5) is 19.5. The Bertz CT molecular complexity index is 787. The highest BCUT2D eigenvalue weighted by Crippen LogP contribution is 2.41. The van der Waals surface area contributed by atoms with Crippen molar-refractivity contribution in [2.45, 2.75) is 13.0 Å². The first kappa shape index (κ1) is 12.8. The van der Waals surface area contributed by atoms with E-state index in [1.165, 1.54) is 0 Å². The largest absolute Gasteiger partial charge is 0.454 e. The van der Waals surface area contributed by atoms with E-state index in [-0.39, 0.29) is 12.4 Å². The van der Waals surface area contributed by atoms with E-state index in [1.54, 1.807) is 0 Å². The lowest BCUT2D eigenvalue weighted by Crippen LogP contribution is -2.24. The predicted octanol–water partition coefficient (Wildman–Crippen LogP) is 2.00. The van der Waals surface area contributed by atoms with Crippen molar-refractivity contribution in [1.29, 1.82) is 0 Å². The van der Waals surface area contributed by atoms with E-state index in [1.807, 2.05) is 12.1 Å². The van der Waals surface area contributed by atoms with Crippen molar-refractivity contribution in [3.8, 4) is 22.9 Å². The Morgan fingerprint density at radius 1 is 1.29 bits per heavy atom. The number of H-pyrrole nitrogens is 1. The van der Waals surface area contributed by atoms with Crippen LogP contribution in [0.3, 0.4) is 0 Å². The third-order valence-corrected chi connectivity index (χ3v) is 4.12. The molecule has 0 bridgehead atoms. The van der Waals surface area contributed by atoms with Crippen LogP contribution in [0.2, 0.25) is 0 Å². The van der Waals surface area contributed by atoms with Crippen LogP contribution in [0, 0.1) is 0 Å². The fourth-order valence-electron chi connectivity index (χ4n) is 2.48. The Balaban J connectivity index is 1.86. The van der Waals surface area contributed by atoms with Gasteiger partial charge in [-0.3, -0.25) is 4.79 Å². The minimum Gasteiger partial charge on any atom is -0.454 e. The standard InChI is InChI=1S/C14H11BrN2O4/c15-9-3-7(4-11-12(9)21-6-20-11)13-16-10-1-2-19-5-8(10)14(18)17-13/h3-4H,1-2,5-6H2,(H,16,17,18). The third-order valence-electron chi connectivity index (χ3n) is 3.53. The predicted molar refractivity (Wildman–Crippen MR) is 77.5 cm³/mol. The molecule has 2 aliphatic rings.